The Balaban J connectivity index is 0.000000485. The van der Waals surface area contributed by atoms with E-state index in [-0.39, 0.29) is 68.6 Å². The second kappa shape index (κ2) is 33.2. The van der Waals surface area contributed by atoms with Crippen molar-refractivity contribution in [1.82, 2.24) is 9.97 Å². The Morgan fingerprint density at radius 1 is 0.570 bits per heavy atom. The third kappa shape index (κ3) is 21.5. The summed E-state index contributed by atoms with van der Waals surface area (Å²) in [5.41, 5.74) is 32.9. The molecule has 14 N–H and O–H groups in total. The van der Waals surface area contributed by atoms with Crippen LogP contribution in [0.25, 0.3) is 22.5 Å². The number of nitro groups is 4. The Morgan fingerprint density at radius 2 is 0.899 bits per heavy atom. The lowest BCUT2D eigenvalue weighted by Gasteiger charge is -2.05. The number of thiocarbonyl (C=S) groups is 1. The van der Waals surface area contributed by atoms with E-state index in [1.807, 2.05) is 30.6 Å². The first-order valence-electron chi connectivity index (χ1n) is 21.7. The summed E-state index contributed by atoms with van der Waals surface area (Å²) in [5.74, 6) is -0.587. The maximum absolute atomic E-state index is 11.3. The van der Waals surface area contributed by atoms with Gasteiger partial charge in [-0.3, -0.25) is 54.8 Å². The van der Waals surface area contributed by atoms with Crippen molar-refractivity contribution in [1.29, 1.82) is 0 Å². The molecule has 31 heteroatoms. The van der Waals surface area contributed by atoms with Crippen molar-refractivity contribution in [3.8, 4) is 22.5 Å². The van der Waals surface area contributed by atoms with Crippen LogP contribution >= 0.6 is 62.4 Å². The van der Waals surface area contributed by atoms with E-state index < -0.39 is 19.7 Å². The zero-order chi connectivity index (χ0) is 59.0. The summed E-state index contributed by atoms with van der Waals surface area (Å²) in [5, 5.41) is 58.7. The average Bonchev–Trinajstić information content (AvgIpc) is 4.06. The molecule has 2 heterocycles. The number of carbonyl (C=O) groups excluding carboxylic acids is 3. The van der Waals surface area contributed by atoms with Gasteiger partial charge in [0.2, 0.25) is 0 Å². The van der Waals surface area contributed by atoms with Crippen molar-refractivity contribution in [2.24, 2.45) is 11.5 Å². The van der Waals surface area contributed by atoms with Gasteiger partial charge in [-0.25, -0.2) is 9.97 Å². The minimum absolute atomic E-state index is 0. The molecule has 7 aromatic rings. The Hall–Kier alpha value is -8.97. The highest BCUT2D eigenvalue weighted by molar-refractivity contribution is 9.09. The topological polar surface area (TPSA) is 428 Å². The van der Waals surface area contributed by atoms with Crippen LogP contribution in [0.15, 0.2) is 102 Å². The fourth-order valence-corrected chi connectivity index (χ4v) is 7.63. The van der Waals surface area contributed by atoms with E-state index in [2.05, 4.69) is 70.9 Å². The fourth-order valence-electron chi connectivity index (χ4n) is 5.97. The largest absolute Gasteiger partial charge is 0.397 e. The molecule has 0 radical (unpaired) electrons. The number of nitrogens with two attached hydrogens (primary N) is 5. The van der Waals surface area contributed by atoms with Crippen molar-refractivity contribution < 1.29 is 34.1 Å². The lowest BCUT2D eigenvalue weighted by atomic mass is 10.1. The summed E-state index contributed by atoms with van der Waals surface area (Å²) >= 11 is 15.4. The maximum atomic E-state index is 11.3. The van der Waals surface area contributed by atoms with Crippen molar-refractivity contribution >= 4 is 146 Å². The number of nitrogens with one attached hydrogen (secondary N) is 4. The normalized spacial score (nSPS) is 9.57. The number of nitrogen functional groups attached to an aromatic ring is 3. The summed E-state index contributed by atoms with van der Waals surface area (Å²) < 4.78 is 0. The molecule has 0 saturated carbocycles. The first kappa shape index (κ1) is 68.0. The molecule has 0 aliphatic heterocycles. The number of nitrogens with zero attached hydrogens (tertiary/aromatic N) is 6. The van der Waals surface area contributed by atoms with Gasteiger partial charge in [0.25, 0.3) is 22.7 Å². The zero-order valence-corrected chi connectivity index (χ0v) is 46.9. The van der Waals surface area contributed by atoms with Crippen LogP contribution in [-0.4, -0.2) is 85.6 Å². The van der Waals surface area contributed by atoms with Gasteiger partial charge in [0.15, 0.2) is 32.7 Å². The minimum atomic E-state index is -0.616. The van der Waals surface area contributed by atoms with Gasteiger partial charge in [0.05, 0.1) is 47.8 Å². The summed E-state index contributed by atoms with van der Waals surface area (Å²) in [6.45, 7) is 2.71. The van der Waals surface area contributed by atoms with Gasteiger partial charge in [0.1, 0.15) is 22.1 Å². The number of rotatable bonds is 14. The SMILES string of the molecule is C.CC(=O)c1ccc(Cl)c([N+](=O)[O-])c1.CNc1ccc(-c2csc(N)n2)cc1N.CNc1ccc(-c2csc(N)n2)cc1[N+](=O)[O-].CNc1ccc(C(=O)CBr)cc1[N+](=O)[O-].CNc1ccc(C(C)=O)cc1[N+](=O)[O-].NC(N)=S. The Labute approximate surface area is 478 Å². The lowest BCUT2D eigenvalue weighted by molar-refractivity contribution is -0.384. The first-order chi connectivity index (χ1) is 36.7. The number of carbonyl (C=O) groups is 3. The van der Waals surface area contributed by atoms with Crippen LogP contribution in [0.2, 0.25) is 5.02 Å². The van der Waals surface area contributed by atoms with Crippen LogP contribution in [0, 0.1) is 40.5 Å². The van der Waals surface area contributed by atoms with Gasteiger partial charge in [-0.15, -0.1) is 22.7 Å². The number of Topliss-reactive ketones (excluding diaryl/α,β-unsaturated/α-hetero) is 3. The van der Waals surface area contributed by atoms with Gasteiger partial charge < -0.3 is 49.9 Å². The number of hydrogen-bond acceptors (Lipinski definition) is 23. The molecule has 7 rings (SSSR count). The zero-order valence-electron chi connectivity index (χ0n) is 42.1. The molecule has 26 nitrogen and oxygen atoms in total. The molecule has 0 bridgehead atoms. The molecule has 0 saturated heterocycles. The number of benzene rings is 5. The predicted molar refractivity (Wildman–Crippen MR) is 323 cm³/mol. The number of hydrogen-bond donors (Lipinski definition) is 9. The summed E-state index contributed by atoms with van der Waals surface area (Å²) in [7, 11) is 6.67. The van der Waals surface area contributed by atoms with Gasteiger partial charge in [0, 0.05) is 91.0 Å². The molecule has 0 atom stereocenters. The molecule has 0 spiro atoms. The Bertz CT molecular complexity index is 3310. The van der Waals surface area contributed by atoms with Gasteiger partial charge in [-0.2, -0.15) is 0 Å². The number of ketones is 3. The van der Waals surface area contributed by atoms with Crippen LogP contribution in [0.1, 0.15) is 52.3 Å². The molecule has 0 fully saturated rings. The standard InChI is InChI=1S/C10H10N4O2S.C10H12N4S.C9H9BrN2O3.C9H10N2O3.C8H6ClNO3.CH4N2S.CH4/c1-12-7-3-2-6(4-9(7)14(15)16)8-5-17-10(11)13-8;1-13-8-3-2-6(4-7(8)11)9-5-15-10(12)14-9;1-11-7-3-2-6(9(13)5-10)4-8(7)12(14)15;1-6(12)7-3-4-8(10-2)9(5-7)11(13)14;1-5(11)6-2-3-7(9)8(4-6)10(12)13;2-1(3)4;/h2-5,12H,1H3,(H2,11,13);2-5,13H,11H2,1H3,(H2,12,14);2-4,11H,5H2,1H3;3-5,10H,1-2H3;2-4H,1H3;(H4,2,3,4);1H4. The summed E-state index contributed by atoms with van der Waals surface area (Å²) in [6, 6.07) is 23.4. The number of anilines is 7. The highest BCUT2D eigenvalue weighted by Gasteiger charge is 2.18. The van der Waals surface area contributed by atoms with Crippen LogP contribution in [0.3, 0.4) is 0 Å². The molecule has 2 aromatic heterocycles. The van der Waals surface area contributed by atoms with Crippen LogP contribution < -0.4 is 49.9 Å². The highest BCUT2D eigenvalue weighted by Crippen LogP contribution is 2.32. The second-order valence-electron chi connectivity index (χ2n) is 14.9. The second-order valence-corrected chi connectivity index (χ2v) is 18.1. The Morgan fingerprint density at radius 3 is 1.24 bits per heavy atom. The predicted octanol–water partition coefficient (Wildman–Crippen LogP) is 10.7. The number of alkyl halides is 1. The molecule has 0 amide bonds. The number of aromatic nitrogens is 2. The van der Waals surface area contributed by atoms with E-state index in [0.717, 1.165) is 16.9 Å². The monoisotopic (exact) mass is 1230 g/mol. The lowest BCUT2D eigenvalue weighted by Crippen LogP contribution is -2.18. The van der Waals surface area contributed by atoms with E-state index in [9.17, 15) is 54.8 Å². The highest BCUT2D eigenvalue weighted by atomic mass is 79.9. The third-order valence-electron chi connectivity index (χ3n) is 9.75. The van der Waals surface area contributed by atoms with Gasteiger partial charge >= 0.3 is 0 Å². The van der Waals surface area contributed by atoms with Gasteiger partial charge in [-0.1, -0.05) is 47.1 Å². The molecular formula is C48H55BrClN15O11S3. The number of nitro benzene ring substituents is 4. The minimum Gasteiger partial charge on any atom is -0.397 e. The van der Waals surface area contributed by atoms with E-state index >= 15 is 0 Å². The van der Waals surface area contributed by atoms with Crippen LogP contribution in [-0.2, 0) is 0 Å². The number of halogens is 2. The van der Waals surface area contributed by atoms with Crippen molar-refractivity contribution in [2.45, 2.75) is 21.3 Å². The quantitative estimate of drug-likeness (QED) is 0.0122. The van der Waals surface area contributed by atoms with Crippen molar-refractivity contribution in [3.63, 3.8) is 0 Å². The summed E-state index contributed by atoms with van der Waals surface area (Å²) in [4.78, 5) is 81.9. The van der Waals surface area contributed by atoms with E-state index in [1.165, 1.54) is 85.1 Å². The molecule has 420 valence electrons. The third-order valence-corrected chi connectivity index (χ3v) is 11.9. The van der Waals surface area contributed by atoms with Crippen molar-refractivity contribution in [3.05, 3.63) is 164 Å². The smallest absolute Gasteiger partial charge is 0.293 e. The Kier molecular flexibility index (Phi) is 28.6. The molecular weight excluding hydrogens is 1170 g/mol. The molecule has 0 aliphatic rings. The van der Waals surface area contributed by atoms with Gasteiger partial charge in [-0.05, 0) is 80.7 Å². The van der Waals surface area contributed by atoms with E-state index in [0.29, 0.717) is 55.4 Å². The molecule has 0 aliphatic carbocycles. The molecule has 5 aromatic carbocycles. The van der Waals surface area contributed by atoms with Crippen LogP contribution in [0.4, 0.5) is 61.4 Å². The first-order valence-corrected chi connectivity index (χ1v) is 25.4. The van der Waals surface area contributed by atoms with E-state index in [4.69, 9.17) is 28.8 Å². The number of thiazole rings is 2. The van der Waals surface area contributed by atoms with Crippen LogP contribution in [0.5, 0.6) is 0 Å². The molecule has 0 unspecified atom stereocenters. The molecule has 79 heavy (non-hydrogen) atoms. The average molecular weight is 1230 g/mol. The van der Waals surface area contributed by atoms with Crippen molar-refractivity contribution in [2.75, 3.05) is 72.0 Å². The van der Waals surface area contributed by atoms with E-state index in [1.54, 1.807) is 50.8 Å². The fraction of sp³-hybridized carbons (Fsp3) is 0.167. The summed E-state index contributed by atoms with van der Waals surface area (Å²) in [6.07, 6.45) is 0. The maximum Gasteiger partial charge on any atom is 0.293 e.